The first-order chi connectivity index (χ1) is 8.38. The number of hydrogen-bond donors (Lipinski definition) is 1. The van der Waals surface area contributed by atoms with Crippen molar-refractivity contribution < 1.29 is 13.9 Å². The monoisotopic (exact) mass is 239 g/mol. The highest BCUT2D eigenvalue weighted by molar-refractivity contribution is 5.06. The molecule has 1 atom stereocenters. The second-order valence-corrected chi connectivity index (χ2v) is 4.34. The summed E-state index contributed by atoms with van der Waals surface area (Å²) in [5.41, 5.74) is 0. The minimum atomic E-state index is 0.238. The van der Waals surface area contributed by atoms with E-state index in [2.05, 4.69) is 12.2 Å². The van der Waals surface area contributed by atoms with Gasteiger partial charge in [-0.25, -0.2) is 0 Å². The molecule has 4 heteroatoms. The van der Waals surface area contributed by atoms with Crippen LogP contribution < -0.4 is 5.32 Å². The molecular formula is C13H21NO3. The maximum absolute atomic E-state index is 5.69. The highest BCUT2D eigenvalue weighted by Crippen LogP contribution is 2.13. The summed E-state index contributed by atoms with van der Waals surface area (Å²) in [5.74, 6) is 1.87. The Morgan fingerprint density at radius 1 is 1.41 bits per heavy atom. The summed E-state index contributed by atoms with van der Waals surface area (Å²) in [5, 5.41) is 3.31. The summed E-state index contributed by atoms with van der Waals surface area (Å²) in [6, 6.07) is 3.99. The predicted octanol–water partition coefficient (Wildman–Crippen LogP) is 2.08. The van der Waals surface area contributed by atoms with Gasteiger partial charge >= 0.3 is 0 Å². The first kappa shape index (κ1) is 12.6. The van der Waals surface area contributed by atoms with Gasteiger partial charge < -0.3 is 19.2 Å². The molecule has 0 aromatic carbocycles. The lowest BCUT2D eigenvalue weighted by Crippen LogP contribution is -2.13. The van der Waals surface area contributed by atoms with Crippen molar-refractivity contribution in [3.63, 3.8) is 0 Å². The van der Waals surface area contributed by atoms with Crippen LogP contribution in [0.5, 0.6) is 0 Å². The Hall–Kier alpha value is -0.840. The number of hydrogen-bond acceptors (Lipinski definition) is 4. The molecule has 1 N–H and O–H groups in total. The van der Waals surface area contributed by atoms with Gasteiger partial charge in [-0.1, -0.05) is 6.92 Å². The van der Waals surface area contributed by atoms with E-state index in [4.69, 9.17) is 13.9 Å². The third kappa shape index (κ3) is 4.15. The van der Waals surface area contributed by atoms with E-state index in [-0.39, 0.29) is 6.10 Å². The molecule has 0 radical (unpaired) electrons. The van der Waals surface area contributed by atoms with Crippen molar-refractivity contribution in [2.24, 2.45) is 0 Å². The van der Waals surface area contributed by atoms with Crippen LogP contribution in [-0.4, -0.2) is 25.9 Å². The van der Waals surface area contributed by atoms with Gasteiger partial charge in [0, 0.05) is 6.61 Å². The van der Waals surface area contributed by atoms with Crippen molar-refractivity contribution >= 4 is 0 Å². The molecule has 2 rings (SSSR count). The molecule has 1 aromatic rings. The Kier molecular flexibility index (Phi) is 5.04. The van der Waals surface area contributed by atoms with Crippen LogP contribution in [0, 0.1) is 0 Å². The Morgan fingerprint density at radius 3 is 3.06 bits per heavy atom. The molecule has 17 heavy (non-hydrogen) atoms. The molecule has 0 amide bonds. The Labute approximate surface area is 102 Å². The molecule has 0 aliphatic carbocycles. The van der Waals surface area contributed by atoms with Crippen molar-refractivity contribution in [2.75, 3.05) is 19.8 Å². The first-order valence-electron chi connectivity index (χ1n) is 6.36. The van der Waals surface area contributed by atoms with Gasteiger partial charge in [-0.05, 0) is 31.5 Å². The Morgan fingerprint density at radius 2 is 2.29 bits per heavy atom. The summed E-state index contributed by atoms with van der Waals surface area (Å²) in [6.07, 6.45) is 2.37. The minimum absolute atomic E-state index is 0.238. The van der Waals surface area contributed by atoms with Crippen LogP contribution in [0.4, 0.5) is 0 Å². The van der Waals surface area contributed by atoms with Gasteiger partial charge in [0.15, 0.2) is 0 Å². The maximum atomic E-state index is 5.69. The summed E-state index contributed by atoms with van der Waals surface area (Å²) in [4.78, 5) is 0. The summed E-state index contributed by atoms with van der Waals surface area (Å²) >= 11 is 0. The molecule has 1 aliphatic rings. The molecule has 1 aromatic heterocycles. The van der Waals surface area contributed by atoms with Crippen molar-refractivity contribution in [3.05, 3.63) is 23.7 Å². The summed E-state index contributed by atoms with van der Waals surface area (Å²) in [6.45, 7) is 6.03. The molecule has 1 aliphatic heterocycles. The second-order valence-electron chi connectivity index (χ2n) is 4.34. The van der Waals surface area contributed by atoms with E-state index in [1.165, 1.54) is 0 Å². The third-order valence-corrected chi connectivity index (χ3v) is 2.79. The Balaban J connectivity index is 1.69. The fraction of sp³-hybridized carbons (Fsp3) is 0.692. The fourth-order valence-electron chi connectivity index (χ4n) is 1.83. The standard InChI is InChI=1S/C13H21NO3/c1-2-6-14-8-11-3-4-13(17-11)10-16-12-5-7-15-9-12/h3-4,12,14H,2,5-10H2,1H3. The van der Waals surface area contributed by atoms with Crippen LogP contribution >= 0.6 is 0 Å². The normalized spacial score (nSPS) is 19.9. The van der Waals surface area contributed by atoms with E-state index < -0.39 is 0 Å². The van der Waals surface area contributed by atoms with Crippen molar-refractivity contribution in [3.8, 4) is 0 Å². The van der Waals surface area contributed by atoms with Crippen molar-refractivity contribution in [2.45, 2.75) is 39.0 Å². The lowest BCUT2D eigenvalue weighted by atomic mass is 10.3. The molecular weight excluding hydrogens is 218 g/mol. The van der Waals surface area contributed by atoms with Crippen LogP contribution in [0.15, 0.2) is 16.5 Å². The van der Waals surface area contributed by atoms with Crippen LogP contribution in [0.1, 0.15) is 31.3 Å². The molecule has 0 spiro atoms. The molecule has 0 saturated carbocycles. The van der Waals surface area contributed by atoms with Gasteiger partial charge in [-0.3, -0.25) is 0 Å². The SMILES string of the molecule is CCCNCc1ccc(COC2CCOC2)o1. The highest BCUT2D eigenvalue weighted by atomic mass is 16.5. The number of nitrogens with one attached hydrogen (secondary N) is 1. The van der Waals surface area contributed by atoms with E-state index in [9.17, 15) is 0 Å². The number of ether oxygens (including phenoxy) is 2. The van der Waals surface area contributed by atoms with Gasteiger partial charge in [0.05, 0.1) is 19.3 Å². The zero-order valence-electron chi connectivity index (χ0n) is 10.4. The van der Waals surface area contributed by atoms with E-state index in [1.54, 1.807) is 0 Å². The van der Waals surface area contributed by atoms with Gasteiger partial charge in [0.2, 0.25) is 0 Å². The molecule has 0 bridgehead atoms. The molecule has 96 valence electrons. The molecule has 1 fully saturated rings. The van der Waals surface area contributed by atoms with Crippen LogP contribution in [0.3, 0.4) is 0 Å². The summed E-state index contributed by atoms with van der Waals surface area (Å²) in [7, 11) is 0. The largest absolute Gasteiger partial charge is 0.462 e. The van der Waals surface area contributed by atoms with E-state index >= 15 is 0 Å². The van der Waals surface area contributed by atoms with Gasteiger partial charge in [0.1, 0.15) is 18.1 Å². The smallest absolute Gasteiger partial charge is 0.129 e. The van der Waals surface area contributed by atoms with Crippen molar-refractivity contribution in [1.29, 1.82) is 0 Å². The summed E-state index contributed by atoms with van der Waals surface area (Å²) < 4.78 is 16.6. The average Bonchev–Trinajstić information content (AvgIpc) is 2.98. The van der Waals surface area contributed by atoms with Crippen LogP contribution in [-0.2, 0) is 22.6 Å². The predicted molar refractivity (Wildman–Crippen MR) is 64.7 cm³/mol. The zero-order valence-corrected chi connectivity index (χ0v) is 10.4. The number of furan rings is 1. The van der Waals surface area contributed by atoms with Gasteiger partial charge in [-0.15, -0.1) is 0 Å². The zero-order chi connectivity index (χ0) is 11.9. The first-order valence-corrected chi connectivity index (χ1v) is 6.36. The van der Waals surface area contributed by atoms with Crippen molar-refractivity contribution in [1.82, 2.24) is 5.32 Å². The number of rotatable bonds is 7. The minimum Gasteiger partial charge on any atom is -0.462 e. The van der Waals surface area contributed by atoms with E-state index in [0.717, 1.165) is 44.1 Å². The van der Waals surface area contributed by atoms with Crippen LogP contribution in [0.2, 0.25) is 0 Å². The fourth-order valence-corrected chi connectivity index (χ4v) is 1.83. The Bertz CT molecular complexity index is 318. The molecule has 4 nitrogen and oxygen atoms in total. The van der Waals surface area contributed by atoms with Crippen LogP contribution in [0.25, 0.3) is 0 Å². The maximum Gasteiger partial charge on any atom is 0.129 e. The van der Waals surface area contributed by atoms with Gasteiger partial charge in [0.25, 0.3) is 0 Å². The molecule has 2 heterocycles. The van der Waals surface area contributed by atoms with E-state index in [0.29, 0.717) is 13.2 Å². The highest BCUT2D eigenvalue weighted by Gasteiger charge is 2.16. The second kappa shape index (κ2) is 6.79. The molecule has 1 saturated heterocycles. The quantitative estimate of drug-likeness (QED) is 0.740. The molecule has 1 unspecified atom stereocenters. The van der Waals surface area contributed by atoms with E-state index in [1.807, 2.05) is 12.1 Å². The lowest BCUT2D eigenvalue weighted by molar-refractivity contribution is 0.0230. The topological polar surface area (TPSA) is 43.6 Å². The third-order valence-electron chi connectivity index (χ3n) is 2.79. The average molecular weight is 239 g/mol. The van der Waals surface area contributed by atoms with Gasteiger partial charge in [-0.2, -0.15) is 0 Å². The lowest BCUT2D eigenvalue weighted by Gasteiger charge is -2.07.